The van der Waals surface area contributed by atoms with Crippen molar-refractivity contribution in [3.05, 3.63) is 0 Å². The number of nitrogens with one attached hydrogen (secondary N) is 2. The van der Waals surface area contributed by atoms with E-state index >= 15 is 0 Å². The minimum absolute atomic E-state index is 0.0185. The maximum absolute atomic E-state index is 12.9. The molecule has 0 unspecified atom stereocenters. The third-order valence-electron chi connectivity index (χ3n) is 7.47. The quantitative estimate of drug-likeness (QED) is 0.0416. The summed E-state index contributed by atoms with van der Waals surface area (Å²) in [7, 11) is 4.87. The molecule has 290 valence electrons. The molecule has 0 aliphatic heterocycles. The number of hydrogen-bond acceptors (Lipinski definition) is 11. The fraction of sp³-hybridized carbons (Fsp3) is 0.886. The second-order valence-corrected chi connectivity index (χ2v) is 27.4. The van der Waals surface area contributed by atoms with Crippen LogP contribution in [0.2, 0.25) is 0 Å². The van der Waals surface area contributed by atoms with Gasteiger partial charge in [-0.3, -0.25) is 19.2 Å². The lowest BCUT2D eigenvalue weighted by Gasteiger charge is -2.30. The molecular weight excluding hydrogens is 737 g/mol. The standard InChI is InChI=1S/C35H68N2O6S6/c1-12-30(39)36-18-13-21-46-47-24-17-34(6,7)45-23-15-31(40)43-33(4,5)16-20-42-35(8,9)29(38)14-22-44-26-27-49(10,11)48-25-19-37-32(41)28(2)3/h28H,12-27H2,1-11H3,(H,36,39)(H,37,41). The summed E-state index contributed by atoms with van der Waals surface area (Å²) in [5.74, 6) is 6.71. The average molecular weight is 805 g/mol. The monoisotopic (exact) mass is 804 g/mol. The van der Waals surface area contributed by atoms with Crippen LogP contribution in [0.3, 0.4) is 0 Å². The van der Waals surface area contributed by atoms with Crippen LogP contribution in [-0.4, -0.2) is 112 Å². The number of amides is 2. The minimum Gasteiger partial charge on any atom is -0.460 e. The molecule has 0 heterocycles. The Kier molecular flexibility index (Phi) is 26.1. The van der Waals surface area contributed by atoms with Crippen LogP contribution in [0, 0.1) is 5.92 Å². The lowest BCUT2D eigenvalue weighted by Crippen LogP contribution is -2.38. The van der Waals surface area contributed by atoms with E-state index < -0.39 is 20.3 Å². The van der Waals surface area contributed by atoms with Crippen LogP contribution in [0.4, 0.5) is 0 Å². The number of esters is 1. The molecular formula is C35H68N2O6S6. The van der Waals surface area contributed by atoms with Gasteiger partial charge < -0.3 is 20.1 Å². The third kappa shape index (κ3) is 27.4. The largest absolute Gasteiger partial charge is 0.460 e. The molecule has 0 aromatic carbocycles. The molecule has 0 aliphatic rings. The molecule has 49 heavy (non-hydrogen) atoms. The summed E-state index contributed by atoms with van der Waals surface area (Å²) in [5, 5.41) is 5.89. The van der Waals surface area contributed by atoms with E-state index in [0.29, 0.717) is 44.6 Å². The Hall–Kier alpha value is 0.140. The molecule has 2 amide bonds. The summed E-state index contributed by atoms with van der Waals surface area (Å²) in [4.78, 5) is 48.5. The summed E-state index contributed by atoms with van der Waals surface area (Å²) < 4.78 is 11.9. The van der Waals surface area contributed by atoms with Crippen molar-refractivity contribution < 1.29 is 28.7 Å². The summed E-state index contributed by atoms with van der Waals surface area (Å²) >= 11 is 3.62. The van der Waals surface area contributed by atoms with E-state index in [0.717, 1.165) is 53.9 Å². The predicted octanol–water partition coefficient (Wildman–Crippen LogP) is 8.26. The van der Waals surface area contributed by atoms with Gasteiger partial charge in [0.25, 0.3) is 0 Å². The highest BCUT2D eigenvalue weighted by Gasteiger charge is 2.30. The number of Topliss-reactive ketones (excluding diaryl/α,β-unsaturated/α-hetero) is 1. The second kappa shape index (κ2) is 26.0. The van der Waals surface area contributed by atoms with Crippen molar-refractivity contribution in [1.82, 2.24) is 10.6 Å². The van der Waals surface area contributed by atoms with Crippen LogP contribution in [0.15, 0.2) is 0 Å². The molecule has 0 aromatic rings. The zero-order valence-electron chi connectivity index (χ0n) is 32.3. The number of rotatable bonds is 30. The topological polar surface area (TPSA) is 111 Å². The molecule has 8 nitrogen and oxygen atoms in total. The first-order chi connectivity index (χ1) is 22.7. The molecule has 0 aliphatic carbocycles. The average Bonchev–Trinajstić information content (AvgIpc) is 2.99. The number of carbonyl (C=O) groups is 4. The van der Waals surface area contributed by atoms with Gasteiger partial charge in [-0.15, -0.1) is 10.8 Å². The van der Waals surface area contributed by atoms with Crippen molar-refractivity contribution in [3.8, 4) is 0 Å². The summed E-state index contributed by atoms with van der Waals surface area (Å²) in [6, 6.07) is 0. The number of ketones is 1. The Morgan fingerprint density at radius 1 is 0.796 bits per heavy atom. The van der Waals surface area contributed by atoms with Gasteiger partial charge in [0.2, 0.25) is 11.8 Å². The highest BCUT2D eigenvalue weighted by Crippen LogP contribution is 2.53. The fourth-order valence-corrected chi connectivity index (χ4v) is 13.5. The molecule has 0 radical (unpaired) electrons. The molecule has 0 spiro atoms. The van der Waals surface area contributed by atoms with Crippen molar-refractivity contribution in [2.45, 2.75) is 117 Å². The van der Waals surface area contributed by atoms with Gasteiger partial charge >= 0.3 is 5.97 Å². The van der Waals surface area contributed by atoms with E-state index in [4.69, 9.17) is 9.47 Å². The van der Waals surface area contributed by atoms with E-state index in [1.807, 2.05) is 92.6 Å². The normalized spacial score (nSPS) is 13.0. The smallest absolute Gasteiger partial charge is 0.307 e. The van der Waals surface area contributed by atoms with Gasteiger partial charge in [-0.2, -0.15) is 32.6 Å². The zero-order chi connectivity index (χ0) is 37.6. The van der Waals surface area contributed by atoms with Crippen LogP contribution in [0.1, 0.15) is 101 Å². The van der Waals surface area contributed by atoms with E-state index in [1.54, 1.807) is 11.8 Å². The number of hydrogen-bond donors (Lipinski definition) is 2. The van der Waals surface area contributed by atoms with Gasteiger partial charge in [0, 0.05) is 77.5 Å². The van der Waals surface area contributed by atoms with Crippen LogP contribution in [0.5, 0.6) is 0 Å². The van der Waals surface area contributed by atoms with Crippen molar-refractivity contribution in [2.24, 2.45) is 5.92 Å². The maximum Gasteiger partial charge on any atom is 0.307 e. The molecule has 0 atom stereocenters. The highest BCUT2D eigenvalue weighted by atomic mass is 33.2. The molecule has 0 fully saturated rings. The lowest BCUT2D eigenvalue weighted by atomic mass is 10.0. The Bertz CT molecular complexity index is 978. The summed E-state index contributed by atoms with van der Waals surface area (Å²) in [6.45, 7) is 19.3. The Morgan fingerprint density at radius 3 is 2.12 bits per heavy atom. The molecule has 14 heteroatoms. The number of ether oxygens (including phenoxy) is 2. The molecule has 0 saturated carbocycles. The minimum atomic E-state index is -0.882. The molecule has 0 rings (SSSR count). The predicted molar refractivity (Wildman–Crippen MR) is 225 cm³/mol. The summed E-state index contributed by atoms with van der Waals surface area (Å²) in [6.07, 6.45) is 8.53. The molecule has 0 saturated heterocycles. The second-order valence-electron chi connectivity index (χ2n) is 14.3. The molecule has 0 bridgehead atoms. The van der Waals surface area contributed by atoms with Gasteiger partial charge in [0.1, 0.15) is 11.2 Å². The lowest BCUT2D eigenvalue weighted by molar-refractivity contribution is -0.160. The van der Waals surface area contributed by atoms with Crippen molar-refractivity contribution >= 4 is 88.5 Å². The van der Waals surface area contributed by atoms with Gasteiger partial charge in [0.15, 0.2) is 5.78 Å². The third-order valence-corrected chi connectivity index (χ3v) is 17.7. The van der Waals surface area contributed by atoms with E-state index in [9.17, 15) is 19.2 Å². The SMILES string of the molecule is CCC(=O)NCCCSSCCC(C)(C)SCCC(=O)OC(C)(C)CCOC(C)(C)C(=O)CCSCCS(C)(C)SCCNC(=O)C(C)C. The van der Waals surface area contributed by atoms with Gasteiger partial charge in [-0.05, 0) is 58.8 Å². The molecule has 2 N–H and O–H groups in total. The van der Waals surface area contributed by atoms with Crippen molar-refractivity contribution in [3.63, 3.8) is 0 Å². The van der Waals surface area contributed by atoms with Crippen LogP contribution >= 0.6 is 65.0 Å². The van der Waals surface area contributed by atoms with Gasteiger partial charge in [0.05, 0.1) is 13.0 Å². The van der Waals surface area contributed by atoms with E-state index in [-0.39, 0.29) is 34.2 Å². The Labute approximate surface area is 321 Å². The first-order valence-electron chi connectivity index (χ1n) is 17.5. The van der Waals surface area contributed by atoms with Crippen molar-refractivity contribution in [2.75, 3.05) is 72.5 Å². The van der Waals surface area contributed by atoms with Crippen LogP contribution in [0.25, 0.3) is 0 Å². The van der Waals surface area contributed by atoms with E-state index in [1.165, 1.54) is 0 Å². The first-order valence-corrected chi connectivity index (χ1v) is 26.2. The summed E-state index contributed by atoms with van der Waals surface area (Å²) in [5.41, 5.74) is -1.56. The van der Waals surface area contributed by atoms with Crippen molar-refractivity contribution in [1.29, 1.82) is 0 Å². The highest BCUT2D eigenvalue weighted by molar-refractivity contribution is 8.93. The molecule has 0 aromatic heterocycles. The van der Waals surface area contributed by atoms with Gasteiger partial charge in [-0.1, -0.05) is 56.2 Å². The zero-order valence-corrected chi connectivity index (χ0v) is 37.2. The van der Waals surface area contributed by atoms with E-state index in [2.05, 4.69) is 37.0 Å². The number of carbonyl (C=O) groups excluding carboxylic acids is 4. The van der Waals surface area contributed by atoms with Crippen LogP contribution < -0.4 is 10.6 Å². The van der Waals surface area contributed by atoms with Crippen LogP contribution in [-0.2, 0) is 28.7 Å². The Morgan fingerprint density at radius 2 is 1.47 bits per heavy atom. The maximum atomic E-state index is 12.9. The number of thioether (sulfide) groups is 2. The fourth-order valence-electron chi connectivity index (χ4n) is 3.95. The Balaban J connectivity index is 4.18. The first kappa shape index (κ1) is 49.1. The van der Waals surface area contributed by atoms with Gasteiger partial charge in [-0.25, -0.2) is 0 Å².